The molecule has 2 rings (SSSR count). The van der Waals surface area contributed by atoms with Gasteiger partial charge in [-0.15, -0.1) is 0 Å². The van der Waals surface area contributed by atoms with Crippen molar-refractivity contribution in [2.45, 2.75) is 32.9 Å². The number of piperidine rings is 1. The summed E-state index contributed by atoms with van der Waals surface area (Å²) >= 11 is 0. The molecule has 7 heteroatoms. The van der Waals surface area contributed by atoms with Gasteiger partial charge in [-0.3, -0.25) is 4.79 Å². The van der Waals surface area contributed by atoms with Crippen LogP contribution in [0.5, 0.6) is 0 Å². The molecule has 0 atom stereocenters. The maximum atomic E-state index is 12.8. The lowest BCUT2D eigenvalue weighted by molar-refractivity contribution is -0.137. The van der Waals surface area contributed by atoms with Crippen molar-refractivity contribution in [2.75, 3.05) is 31.6 Å². The van der Waals surface area contributed by atoms with Crippen LogP contribution in [0, 0.1) is 11.8 Å². The third-order valence-electron chi connectivity index (χ3n) is 4.42. The lowest BCUT2D eigenvalue weighted by Gasteiger charge is -2.35. The zero-order chi connectivity index (χ0) is 17.9. The van der Waals surface area contributed by atoms with Crippen molar-refractivity contribution in [1.82, 2.24) is 9.88 Å². The third-order valence-corrected chi connectivity index (χ3v) is 4.42. The first kappa shape index (κ1) is 18.5. The van der Waals surface area contributed by atoms with Gasteiger partial charge in [0.25, 0.3) is 0 Å². The number of pyridine rings is 1. The lowest BCUT2D eigenvalue weighted by atomic mass is 9.95. The molecule has 0 N–H and O–H groups in total. The summed E-state index contributed by atoms with van der Waals surface area (Å²) in [5.41, 5.74) is -0.684. The van der Waals surface area contributed by atoms with Gasteiger partial charge in [0.05, 0.1) is 5.56 Å². The standard InChI is InChI=1S/C17H24F3N3O/c1-12(2)16(24)23-8-5-13(6-9-23)11-22(3)15-10-14(4-7-21-15)17(18,19)20/h4,7,10,12-13H,5-6,8-9,11H2,1-3H3. The Bertz CT molecular complexity index is 566. The number of hydrogen-bond donors (Lipinski definition) is 0. The second-order valence-electron chi connectivity index (χ2n) is 6.70. The molecular formula is C17H24F3N3O. The van der Waals surface area contributed by atoms with E-state index < -0.39 is 11.7 Å². The molecule has 1 aliphatic rings. The normalized spacial score (nSPS) is 16.5. The van der Waals surface area contributed by atoms with Crippen molar-refractivity contribution in [3.05, 3.63) is 23.9 Å². The number of carbonyl (C=O) groups is 1. The highest BCUT2D eigenvalue weighted by atomic mass is 19.4. The van der Waals surface area contributed by atoms with Crippen LogP contribution in [0.25, 0.3) is 0 Å². The smallest absolute Gasteiger partial charge is 0.359 e. The van der Waals surface area contributed by atoms with Gasteiger partial charge in [-0.25, -0.2) is 4.98 Å². The van der Waals surface area contributed by atoms with Gasteiger partial charge < -0.3 is 9.80 Å². The molecule has 1 amide bonds. The summed E-state index contributed by atoms with van der Waals surface area (Å²) in [5, 5.41) is 0. The Morgan fingerprint density at radius 3 is 2.54 bits per heavy atom. The van der Waals surface area contributed by atoms with E-state index >= 15 is 0 Å². The number of rotatable bonds is 4. The van der Waals surface area contributed by atoms with Crippen molar-refractivity contribution < 1.29 is 18.0 Å². The van der Waals surface area contributed by atoms with Crippen molar-refractivity contribution in [2.24, 2.45) is 11.8 Å². The predicted molar refractivity (Wildman–Crippen MR) is 86.7 cm³/mol. The van der Waals surface area contributed by atoms with E-state index in [4.69, 9.17) is 0 Å². The Morgan fingerprint density at radius 1 is 1.38 bits per heavy atom. The van der Waals surface area contributed by atoms with E-state index in [1.807, 2.05) is 18.7 Å². The van der Waals surface area contributed by atoms with Gasteiger partial charge in [0.15, 0.2) is 0 Å². The molecular weight excluding hydrogens is 319 g/mol. The SMILES string of the molecule is CC(C)C(=O)N1CCC(CN(C)c2cc(C(F)(F)F)ccn2)CC1. The van der Waals surface area contributed by atoms with Gasteiger partial charge in [-0.1, -0.05) is 13.8 Å². The minimum absolute atomic E-state index is 0.00136. The largest absolute Gasteiger partial charge is 0.416 e. The van der Waals surface area contributed by atoms with Crippen molar-refractivity contribution in [3.8, 4) is 0 Å². The number of halogens is 3. The fourth-order valence-corrected chi connectivity index (χ4v) is 2.99. The highest BCUT2D eigenvalue weighted by molar-refractivity contribution is 5.78. The van der Waals surface area contributed by atoms with E-state index in [9.17, 15) is 18.0 Å². The summed E-state index contributed by atoms with van der Waals surface area (Å²) in [7, 11) is 1.76. The Labute approximate surface area is 140 Å². The van der Waals surface area contributed by atoms with Gasteiger partial charge in [0.1, 0.15) is 5.82 Å². The Hall–Kier alpha value is -1.79. The van der Waals surface area contributed by atoms with Crippen LogP contribution in [0.4, 0.5) is 19.0 Å². The fourth-order valence-electron chi connectivity index (χ4n) is 2.99. The van der Waals surface area contributed by atoms with Gasteiger partial charge >= 0.3 is 6.18 Å². The fraction of sp³-hybridized carbons (Fsp3) is 0.647. The van der Waals surface area contributed by atoms with Crippen molar-refractivity contribution in [1.29, 1.82) is 0 Å². The van der Waals surface area contributed by atoms with Crippen LogP contribution in [-0.2, 0) is 11.0 Å². The molecule has 1 fully saturated rings. The summed E-state index contributed by atoms with van der Waals surface area (Å²) in [6, 6.07) is 2.06. The molecule has 0 aromatic carbocycles. The highest BCUT2D eigenvalue weighted by Gasteiger charge is 2.31. The van der Waals surface area contributed by atoms with Crippen LogP contribution in [-0.4, -0.2) is 42.5 Å². The zero-order valence-corrected chi connectivity index (χ0v) is 14.3. The topological polar surface area (TPSA) is 36.4 Å². The first-order chi connectivity index (χ1) is 11.2. The molecule has 0 aliphatic carbocycles. The Morgan fingerprint density at radius 2 is 2.00 bits per heavy atom. The number of anilines is 1. The first-order valence-electron chi connectivity index (χ1n) is 8.21. The molecule has 1 aliphatic heterocycles. The summed E-state index contributed by atoms with van der Waals surface area (Å²) in [4.78, 5) is 19.7. The molecule has 1 saturated heterocycles. The average molecular weight is 343 g/mol. The predicted octanol–water partition coefficient (Wildman–Crippen LogP) is 3.43. The van der Waals surface area contributed by atoms with E-state index in [0.717, 1.165) is 25.0 Å². The molecule has 0 bridgehead atoms. The van der Waals surface area contributed by atoms with Crippen molar-refractivity contribution in [3.63, 3.8) is 0 Å². The van der Waals surface area contributed by atoms with Gasteiger partial charge in [-0.05, 0) is 30.9 Å². The van der Waals surface area contributed by atoms with Crippen LogP contribution in [0.15, 0.2) is 18.3 Å². The number of amides is 1. The van der Waals surface area contributed by atoms with Crippen LogP contribution in [0.2, 0.25) is 0 Å². The molecule has 0 radical (unpaired) electrons. The van der Waals surface area contributed by atoms with E-state index in [0.29, 0.717) is 31.4 Å². The Balaban J connectivity index is 1.92. The summed E-state index contributed by atoms with van der Waals surface area (Å²) in [6.07, 6.45) is -1.44. The molecule has 0 saturated carbocycles. The van der Waals surface area contributed by atoms with Crippen molar-refractivity contribution >= 4 is 11.7 Å². The maximum Gasteiger partial charge on any atom is 0.416 e. The highest BCUT2D eigenvalue weighted by Crippen LogP contribution is 2.31. The van der Waals surface area contributed by atoms with E-state index in [1.54, 1.807) is 11.9 Å². The first-order valence-corrected chi connectivity index (χ1v) is 8.21. The van der Waals surface area contributed by atoms with Gasteiger partial charge in [0, 0.05) is 38.8 Å². The number of carbonyl (C=O) groups excluding carboxylic acids is 1. The zero-order valence-electron chi connectivity index (χ0n) is 14.3. The molecule has 134 valence electrons. The van der Waals surface area contributed by atoms with Crippen LogP contribution in [0.1, 0.15) is 32.3 Å². The monoisotopic (exact) mass is 343 g/mol. The number of aromatic nitrogens is 1. The molecule has 0 spiro atoms. The summed E-state index contributed by atoms with van der Waals surface area (Å²) < 4.78 is 38.4. The Kier molecular flexibility index (Phi) is 5.72. The molecule has 4 nitrogen and oxygen atoms in total. The quantitative estimate of drug-likeness (QED) is 0.840. The van der Waals surface area contributed by atoms with E-state index in [2.05, 4.69) is 4.98 Å². The maximum absolute atomic E-state index is 12.8. The van der Waals surface area contributed by atoms with Crippen LogP contribution >= 0.6 is 0 Å². The van der Waals surface area contributed by atoms with E-state index in [1.165, 1.54) is 6.20 Å². The van der Waals surface area contributed by atoms with E-state index in [-0.39, 0.29) is 11.8 Å². The molecule has 24 heavy (non-hydrogen) atoms. The van der Waals surface area contributed by atoms with Gasteiger partial charge in [0.2, 0.25) is 5.91 Å². The van der Waals surface area contributed by atoms with Gasteiger partial charge in [-0.2, -0.15) is 13.2 Å². The summed E-state index contributed by atoms with van der Waals surface area (Å²) in [5.74, 6) is 0.841. The number of likely N-dealkylation sites (tertiary alicyclic amines) is 1. The number of nitrogens with zero attached hydrogens (tertiary/aromatic N) is 3. The molecule has 1 aromatic heterocycles. The minimum Gasteiger partial charge on any atom is -0.359 e. The van der Waals surface area contributed by atoms with Crippen LogP contribution < -0.4 is 4.90 Å². The lowest BCUT2D eigenvalue weighted by Crippen LogP contribution is -2.42. The minimum atomic E-state index is -4.36. The molecule has 1 aromatic rings. The molecule has 0 unspecified atom stereocenters. The molecule has 2 heterocycles. The summed E-state index contributed by atoms with van der Waals surface area (Å²) in [6.45, 7) is 5.85. The number of alkyl halides is 3. The second-order valence-corrected chi connectivity index (χ2v) is 6.70. The third kappa shape index (κ3) is 4.61. The van der Waals surface area contributed by atoms with Crippen LogP contribution in [0.3, 0.4) is 0 Å². The number of hydrogen-bond acceptors (Lipinski definition) is 3. The average Bonchev–Trinajstić information content (AvgIpc) is 2.54. The second kappa shape index (κ2) is 7.40.